The molecule has 2 aromatic rings. The molecule has 1 saturated heterocycles. The smallest absolute Gasteiger partial charge is 0.295 e. The Morgan fingerprint density at radius 1 is 1.03 bits per heavy atom. The zero-order valence-corrected chi connectivity index (χ0v) is 18.5. The van der Waals surface area contributed by atoms with Crippen molar-refractivity contribution in [3.63, 3.8) is 0 Å². The molecule has 0 bridgehead atoms. The second-order valence-corrected chi connectivity index (χ2v) is 7.78. The molecule has 1 aliphatic rings. The highest BCUT2D eigenvalue weighted by Gasteiger charge is 2.46. The molecule has 0 aromatic heterocycles. The highest BCUT2D eigenvalue weighted by atomic mass is 16.5. The van der Waals surface area contributed by atoms with E-state index in [1.807, 2.05) is 38.1 Å². The Morgan fingerprint density at radius 2 is 1.68 bits per heavy atom. The molecule has 0 radical (unpaired) electrons. The topological polar surface area (TPSA) is 79.3 Å². The molecule has 2 aromatic carbocycles. The van der Waals surface area contributed by atoms with Crippen LogP contribution in [0.25, 0.3) is 5.76 Å². The van der Waals surface area contributed by atoms with Crippen LogP contribution in [0.4, 0.5) is 0 Å². The molecule has 0 spiro atoms. The first-order chi connectivity index (χ1) is 14.8. The number of rotatable bonds is 7. The summed E-state index contributed by atoms with van der Waals surface area (Å²) in [5.41, 5.74) is 2.24. The van der Waals surface area contributed by atoms with Gasteiger partial charge in [0.15, 0.2) is 11.5 Å². The first-order valence-corrected chi connectivity index (χ1v) is 10.0. The van der Waals surface area contributed by atoms with Gasteiger partial charge >= 0.3 is 0 Å². The number of ketones is 1. The van der Waals surface area contributed by atoms with E-state index in [4.69, 9.17) is 9.47 Å². The lowest BCUT2D eigenvalue weighted by Crippen LogP contribution is -2.35. The number of amides is 1. The minimum atomic E-state index is -0.735. The maximum absolute atomic E-state index is 13.0. The number of aliphatic hydroxyl groups excluding tert-OH is 1. The third-order valence-corrected chi connectivity index (χ3v) is 5.38. The summed E-state index contributed by atoms with van der Waals surface area (Å²) >= 11 is 0. The fraction of sp³-hybridized carbons (Fsp3) is 0.333. The van der Waals surface area contributed by atoms with Crippen LogP contribution in [0.1, 0.15) is 22.7 Å². The Kier molecular flexibility index (Phi) is 6.65. The molecule has 164 valence electrons. The second kappa shape index (κ2) is 9.22. The second-order valence-electron chi connectivity index (χ2n) is 7.78. The molecule has 1 amide bonds. The van der Waals surface area contributed by atoms with Crippen molar-refractivity contribution in [2.24, 2.45) is 0 Å². The Morgan fingerprint density at radius 3 is 2.26 bits per heavy atom. The number of ether oxygens (including phenoxy) is 2. The molecule has 1 N–H and O–H groups in total. The third kappa shape index (κ3) is 4.41. The highest BCUT2D eigenvalue weighted by Crippen LogP contribution is 2.41. The molecule has 1 unspecified atom stereocenters. The molecule has 31 heavy (non-hydrogen) atoms. The van der Waals surface area contributed by atoms with Crippen molar-refractivity contribution in [1.29, 1.82) is 0 Å². The SMILES string of the molecule is COc1ccc(C2/C(=C(/O)c3ccc(C)cc3)C(=O)C(=O)N2CCN(C)C)cc1OC. The van der Waals surface area contributed by atoms with Crippen molar-refractivity contribution < 1.29 is 24.2 Å². The molecular weight excluding hydrogens is 396 g/mol. The number of methoxy groups -OCH3 is 2. The lowest BCUT2D eigenvalue weighted by molar-refractivity contribution is -0.140. The van der Waals surface area contributed by atoms with Gasteiger partial charge in [0.2, 0.25) is 0 Å². The molecule has 0 saturated carbocycles. The predicted molar refractivity (Wildman–Crippen MR) is 118 cm³/mol. The summed E-state index contributed by atoms with van der Waals surface area (Å²) in [7, 11) is 6.86. The zero-order chi connectivity index (χ0) is 22.7. The summed E-state index contributed by atoms with van der Waals surface area (Å²) in [6, 6.07) is 11.7. The predicted octanol–water partition coefficient (Wildman–Crippen LogP) is 3.00. The molecule has 3 rings (SSSR count). The molecule has 0 aliphatic carbocycles. The Bertz CT molecular complexity index is 1010. The highest BCUT2D eigenvalue weighted by molar-refractivity contribution is 6.46. The van der Waals surface area contributed by atoms with Gasteiger partial charge in [-0.2, -0.15) is 0 Å². The number of hydrogen-bond acceptors (Lipinski definition) is 6. The number of aryl methyl sites for hydroxylation is 1. The van der Waals surface area contributed by atoms with Gasteiger partial charge in [-0.25, -0.2) is 0 Å². The summed E-state index contributed by atoms with van der Waals surface area (Å²) in [6.07, 6.45) is 0. The maximum Gasteiger partial charge on any atom is 0.295 e. The average molecular weight is 424 g/mol. The minimum Gasteiger partial charge on any atom is -0.507 e. The Balaban J connectivity index is 2.18. The number of likely N-dealkylation sites (tertiary alicyclic amines) is 1. The van der Waals surface area contributed by atoms with Crippen molar-refractivity contribution in [3.05, 3.63) is 64.7 Å². The number of nitrogens with zero attached hydrogens (tertiary/aromatic N) is 2. The summed E-state index contributed by atoms with van der Waals surface area (Å²) < 4.78 is 10.7. The summed E-state index contributed by atoms with van der Waals surface area (Å²) in [6.45, 7) is 2.84. The summed E-state index contributed by atoms with van der Waals surface area (Å²) in [5.74, 6) is -0.499. The van der Waals surface area contributed by atoms with Crippen molar-refractivity contribution in [2.75, 3.05) is 41.4 Å². The molecule has 1 fully saturated rings. The van der Waals surface area contributed by atoms with E-state index >= 15 is 0 Å². The van der Waals surface area contributed by atoms with E-state index in [9.17, 15) is 14.7 Å². The monoisotopic (exact) mass is 424 g/mol. The van der Waals surface area contributed by atoms with Crippen molar-refractivity contribution in [3.8, 4) is 11.5 Å². The lowest BCUT2D eigenvalue weighted by atomic mass is 9.94. The number of benzene rings is 2. The Hall–Kier alpha value is -3.32. The fourth-order valence-electron chi connectivity index (χ4n) is 3.65. The van der Waals surface area contributed by atoms with Crippen molar-refractivity contribution in [1.82, 2.24) is 9.80 Å². The normalized spacial score (nSPS) is 18.0. The number of hydrogen-bond donors (Lipinski definition) is 1. The lowest BCUT2D eigenvalue weighted by Gasteiger charge is -2.27. The fourth-order valence-corrected chi connectivity index (χ4v) is 3.65. The van der Waals surface area contributed by atoms with Crippen LogP contribution < -0.4 is 9.47 Å². The zero-order valence-electron chi connectivity index (χ0n) is 18.5. The third-order valence-electron chi connectivity index (χ3n) is 5.38. The summed E-state index contributed by atoms with van der Waals surface area (Å²) in [4.78, 5) is 29.4. The van der Waals surface area contributed by atoms with E-state index < -0.39 is 17.7 Å². The van der Waals surface area contributed by atoms with Crippen molar-refractivity contribution in [2.45, 2.75) is 13.0 Å². The number of carbonyl (C=O) groups excluding carboxylic acids is 2. The molecule has 1 atom stereocenters. The molecule has 1 heterocycles. The molecule has 1 aliphatic heterocycles. The number of likely N-dealkylation sites (N-methyl/N-ethyl adjacent to an activating group) is 1. The van der Waals surface area contributed by atoms with E-state index in [0.29, 0.717) is 35.7 Å². The van der Waals surface area contributed by atoms with Crippen LogP contribution in [0.3, 0.4) is 0 Å². The molecular formula is C24H28N2O5. The van der Waals surface area contributed by atoms with E-state index in [-0.39, 0.29) is 11.3 Å². The van der Waals surface area contributed by atoms with E-state index in [1.54, 1.807) is 30.3 Å². The maximum atomic E-state index is 13.0. The van der Waals surface area contributed by atoms with Crippen LogP contribution in [0.15, 0.2) is 48.0 Å². The first kappa shape index (κ1) is 22.4. The standard InChI is InChI=1S/C24H28N2O5/c1-15-6-8-16(9-7-15)22(27)20-21(17-10-11-18(30-4)19(14-17)31-5)26(13-12-25(2)3)24(29)23(20)28/h6-11,14,21,27H,12-13H2,1-5H3/b22-20-. The van der Waals surface area contributed by atoms with Gasteiger partial charge in [-0.3, -0.25) is 9.59 Å². The van der Waals surface area contributed by atoms with Gasteiger partial charge < -0.3 is 24.4 Å². The van der Waals surface area contributed by atoms with E-state index in [2.05, 4.69) is 0 Å². The van der Waals surface area contributed by atoms with Crippen LogP contribution in [0.2, 0.25) is 0 Å². The van der Waals surface area contributed by atoms with E-state index in [0.717, 1.165) is 5.56 Å². The quantitative estimate of drug-likeness (QED) is 0.418. The van der Waals surface area contributed by atoms with Gasteiger partial charge in [0.05, 0.1) is 25.8 Å². The van der Waals surface area contributed by atoms with Gasteiger partial charge in [-0.1, -0.05) is 35.9 Å². The molecule has 7 nitrogen and oxygen atoms in total. The van der Waals surface area contributed by atoms with Crippen molar-refractivity contribution >= 4 is 17.4 Å². The average Bonchev–Trinajstić information content (AvgIpc) is 3.01. The van der Waals surface area contributed by atoms with E-state index in [1.165, 1.54) is 19.1 Å². The summed E-state index contributed by atoms with van der Waals surface area (Å²) in [5, 5.41) is 11.1. The van der Waals surface area contributed by atoms with Gasteiger partial charge in [0.1, 0.15) is 5.76 Å². The number of aliphatic hydroxyl groups is 1. The van der Waals surface area contributed by atoms with Gasteiger partial charge in [-0.05, 0) is 38.7 Å². The van der Waals surface area contributed by atoms with Crippen LogP contribution in [0, 0.1) is 6.92 Å². The van der Waals surface area contributed by atoms with Crippen LogP contribution in [0.5, 0.6) is 11.5 Å². The Labute approximate surface area is 182 Å². The minimum absolute atomic E-state index is 0.0693. The largest absolute Gasteiger partial charge is 0.507 e. The van der Waals surface area contributed by atoms with Crippen LogP contribution in [-0.2, 0) is 9.59 Å². The van der Waals surface area contributed by atoms with Gasteiger partial charge in [0.25, 0.3) is 11.7 Å². The first-order valence-electron chi connectivity index (χ1n) is 10.0. The van der Waals surface area contributed by atoms with Crippen LogP contribution in [-0.4, -0.2) is 68.0 Å². The van der Waals surface area contributed by atoms with Crippen LogP contribution >= 0.6 is 0 Å². The van der Waals surface area contributed by atoms with Gasteiger partial charge in [-0.15, -0.1) is 0 Å². The number of carbonyl (C=O) groups is 2. The molecule has 7 heteroatoms. The number of Topliss-reactive ketones (excluding diaryl/α,β-unsaturated/α-hetero) is 1. The van der Waals surface area contributed by atoms with Gasteiger partial charge in [0, 0.05) is 18.7 Å².